The van der Waals surface area contributed by atoms with Crippen LogP contribution in [0.5, 0.6) is 0 Å². The highest BCUT2D eigenvalue weighted by Gasteiger charge is 2.33. The van der Waals surface area contributed by atoms with Gasteiger partial charge in [-0.1, -0.05) is 0 Å². The van der Waals surface area contributed by atoms with Gasteiger partial charge in [-0.2, -0.15) is 22.1 Å². The van der Waals surface area contributed by atoms with E-state index in [2.05, 4.69) is 10.00 Å². The molecule has 2 saturated heterocycles. The molecule has 0 aromatic carbocycles. The van der Waals surface area contributed by atoms with E-state index in [4.69, 9.17) is 0 Å². The van der Waals surface area contributed by atoms with Crippen LogP contribution in [0.15, 0.2) is 10.9 Å². The van der Waals surface area contributed by atoms with Crippen molar-refractivity contribution in [2.75, 3.05) is 45.8 Å². The molecule has 3 aliphatic rings. The molecule has 2 fully saturated rings. The molecule has 0 atom stereocenters. The fourth-order valence-corrected chi connectivity index (χ4v) is 5.93. The van der Waals surface area contributed by atoms with E-state index in [-0.39, 0.29) is 5.56 Å². The molecule has 150 valence electrons. The number of aryl methyl sites for hydroxylation is 2. The molecule has 0 amide bonds. The highest BCUT2D eigenvalue weighted by atomic mass is 32.2. The Morgan fingerprint density at radius 1 is 0.852 bits per heavy atom. The second kappa shape index (κ2) is 7.98. The van der Waals surface area contributed by atoms with Crippen LogP contribution in [-0.2, 0) is 29.6 Å². The smallest absolute Gasteiger partial charge is 0.282 e. The first kappa shape index (κ1) is 19.0. The minimum absolute atomic E-state index is 0.0223. The summed E-state index contributed by atoms with van der Waals surface area (Å²) in [6.45, 7) is 5.02. The molecule has 4 rings (SSSR count). The average Bonchev–Trinajstić information content (AvgIpc) is 3.22. The molecule has 1 aromatic heterocycles. The van der Waals surface area contributed by atoms with E-state index < -0.39 is 10.2 Å². The Morgan fingerprint density at radius 2 is 1.52 bits per heavy atom. The summed E-state index contributed by atoms with van der Waals surface area (Å²) in [5.41, 5.74) is 2.16. The van der Waals surface area contributed by atoms with Crippen molar-refractivity contribution in [3.8, 4) is 0 Å². The number of nitrogens with zero attached hydrogens (tertiary/aromatic N) is 5. The number of rotatable bonds is 5. The molecule has 8 nitrogen and oxygen atoms in total. The predicted octanol–water partition coefficient (Wildman–Crippen LogP) is 0.0803. The summed E-state index contributed by atoms with van der Waals surface area (Å²) in [6, 6.07) is 1.75. The van der Waals surface area contributed by atoms with Crippen LogP contribution in [0.2, 0.25) is 0 Å². The lowest BCUT2D eigenvalue weighted by molar-refractivity contribution is 0.174. The molecule has 0 unspecified atom stereocenters. The van der Waals surface area contributed by atoms with Crippen molar-refractivity contribution in [2.24, 2.45) is 0 Å². The molecule has 0 N–H and O–H groups in total. The number of aromatic nitrogens is 2. The molecular weight excluding hydrogens is 366 g/mol. The lowest BCUT2D eigenvalue weighted by Gasteiger charge is -2.35. The van der Waals surface area contributed by atoms with Crippen molar-refractivity contribution in [3.05, 3.63) is 27.7 Å². The molecule has 27 heavy (non-hydrogen) atoms. The van der Waals surface area contributed by atoms with Gasteiger partial charge in [-0.3, -0.25) is 9.69 Å². The highest BCUT2D eigenvalue weighted by molar-refractivity contribution is 7.86. The quantitative estimate of drug-likeness (QED) is 0.706. The fourth-order valence-electron chi connectivity index (χ4n) is 4.26. The van der Waals surface area contributed by atoms with Gasteiger partial charge in [-0.15, -0.1) is 0 Å². The van der Waals surface area contributed by atoms with Crippen LogP contribution < -0.4 is 5.56 Å². The normalized spacial score (nSPS) is 22.8. The molecule has 9 heteroatoms. The van der Waals surface area contributed by atoms with E-state index in [1.165, 1.54) is 0 Å². The van der Waals surface area contributed by atoms with Gasteiger partial charge in [-0.25, -0.2) is 4.68 Å². The van der Waals surface area contributed by atoms with Crippen LogP contribution in [0.25, 0.3) is 0 Å². The SMILES string of the molecule is O=c1cc2c(nn1CCN1CCN(S(=O)(=O)N3CCCC3)CC1)CCCC2. The summed E-state index contributed by atoms with van der Waals surface area (Å²) < 4.78 is 30.1. The summed E-state index contributed by atoms with van der Waals surface area (Å²) in [5.74, 6) is 0. The van der Waals surface area contributed by atoms with Crippen LogP contribution >= 0.6 is 0 Å². The summed E-state index contributed by atoms with van der Waals surface area (Å²) in [5, 5.41) is 4.57. The summed E-state index contributed by atoms with van der Waals surface area (Å²) >= 11 is 0. The molecule has 3 heterocycles. The molecule has 1 aromatic rings. The van der Waals surface area contributed by atoms with Crippen LogP contribution in [0.1, 0.15) is 36.9 Å². The number of piperazine rings is 1. The zero-order valence-corrected chi connectivity index (χ0v) is 16.7. The van der Waals surface area contributed by atoms with Gasteiger partial charge >= 0.3 is 0 Å². The average molecular weight is 396 g/mol. The van der Waals surface area contributed by atoms with Crippen molar-refractivity contribution in [1.82, 2.24) is 23.3 Å². The third-order valence-electron chi connectivity index (χ3n) is 5.95. The van der Waals surface area contributed by atoms with E-state index in [0.717, 1.165) is 56.3 Å². The Balaban J connectivity index is 1.32. The minimum Gasteiger partial charge on any atom is -0.299 e. The summed E-state index contributed by atoms with van der Waals surface area (Å²) in [7, 11) is -3.30. The Labute approximate surface area is 160 Å². The topological polar surface area (TPSA) is 78.8 Å². The van der Waals surface area contributed by atoms with E-state index in [0.29, 0.717) is 45.8 Å². The lowest BCUT2D eigenvalue weighted by atomic mass is 9.97. The Hall–Kier alpha value is -1.29. The fraction of sp³-hybridized carbons (Fsp3) is 0.778. The van der Waals surface area contributed by atoms with E-state index in [1.807, 2.05) is 0 Å². The van der Waals surface area contributed by atoms with Crippen molar-refractivity contribution in [2.45, 2.75) is 45.1 Å². The van der Waals surface area contributed by atoms with E-state index >= 15 is 0 Å². The molecule has 0 radical (unpaired) electrons. The molecule has 1 aliphatic carbocycles. The summed E-state index contributed by atoms with van der Waals surface area (Å²) in [6.07, 6.45) is 6.13. The van der Waals surface area contributed by atoms with Crippen LogP contribution in [-0.4, -0.2) is 77.5 Å². The van der Waals surface area contributed by atoms with Gasteiger partial charge in [0.1, 0.15) is 0 Å². The second-order valence-corrected chi connectivity index (χ2v) is 9.67. The van der Waals surface area contributed by atoms with Crippen LogP contribution in [0.4, 0.5) is 0 Å². The Kier molecular flexibility index (Phi) is 5.63. The Morgan fingerprint density at radius 3 is 2.26 bits per heavy atom. The number of hydrogen-bond acceptors (Lipinski definition) is 5. The van der Waals surface area contributed by atoms with Gasteiger partial charge in [0.05, 0.1) is 12.2 Å². The van der Waals surface area contributed by atoms with Gasteiger partial charge in [0.15, 0.2) is 0 Å². The maximum atomic E-state index is 12.6. The van der Waals surface area contributed by atoms with Crippen LogP contribution in [0.3, 0.4) is 0 Å². The number of hydrogen-bond donors (Lipinski definition) is 0. The third kappa shape index (κ3) is 4.11. The zero-order chi connectivity index (χ0) is 18.9. The minimum atomic E-state index is -3.30. The zero-order valence-electron chi connectivity index (χ0n) is 15.8. The molecule has 0 saturated carbocycles. The van der Waals surface area contributed by atoms with Gasteiger partial charge in [0.2, 0.25) is 0 Å². The lowest BCUT2D eigenvalue weighted by Crippen LogP contribution is -2.53. The maximum Gasteiger partial charge on any atom is 0.282 e. The standard InChI is InChI=1S/C18H29N5O3S/c24-18-15-16-5-1-2-6-17(16)19-23(18)14-11-20-9-12-22(13-10-20)27(25,26)21-7-3-4-8-21/h15H,1-14H2. The molecular formula is C18H29N5O3S. The second-order valence-electron chi connectivity index (χ2n) is 7.74. The van der Waals surface area contributed by atoms with Gasteiger partial charge in [-0.05, 0) is 44.1 Å². The van der Waals surface area contributed by atoms with Crippen molar-refractivity contribution < 1.29 is 8.42 Å². The Bertz CT molecular complexity index is 824. The van der Waals surface area contributed by atoms with Crippen molar-refractivity contribution in [1.29, 1.82) is 0 Å². The maximum absolute atomic E-state index is 12.6. The van der Waals surface area contributed by atoms with E-state index in [9.17, 15) is 13.2 Å². The first-order chi connectivity index (χ1) is 13.0. The van der Waals surface area contributed by atoms with Crippen molar-refractivity contribution in [3.63, 3.8) is 0 Å². The largest absolute Gasteiger partial charge is 0.299 e. The highest BCUT2D eigenvalue weighted by Crippen LogP contribution is 2.18. The number of fused-ring (bicyclic) bond motifs is 1. The van der Waals surface area contributed by atoms with Gasteiger partial charge in [0, 0.05) is 51.9 Å². The third-order valence-corrected chi connectivity index (χ3v) is 7.99. The first-order valence-corrected chi connectivity index (χ1v) is 11.5. The molecule has 0 spiro atoms. The monoisotopic (exact) mass is 395 g/mol. The molecule has 2 aliphatic heterocycles. The first-order valence-electron chi connectivity index (χ1n) is 10.1. The molecule has 0 bridgehead atoms. The van der Waals surface area contributed by atoms with E-state index in [1.54, 1.807) is 19.4 Å². The predicted molar refractivity (Wildman–Crippen MR) is 103 cm³/mol. The van der Waals surface area contributed by atoms with Crippen molar-refractivity contribution >= 4 is 10.2 Å². The van der Waals surface area contributed by atoms with Crippen LogP contribution in [0, 0.1) is 0 Å². The van der Waals surface area contributed by atoms with Gasteiger partial charge in [0.25, 0.3) is 15.8 Å². The van der Waals surface area contributed by atoms with Gasteiger partial charge < -0.3 is 0 Å². The summed E-state index contributed by atoms with van der Waals surface area (Å²) in [4.78, 5) is 14.5.